The number of halogens is 4. The summed E-state index contributed by atoms with van der Waals surface area (Å²) in [6.45, 7) is 0. The summed E-state index contributed by atoms with van der Waals surface area (Å²) in [5, 5.41) is 13.6. The van der Waals surface area contributed by atoms with Crippen LogP contribution in [0.2, 0.25) is 10.0 Å². The van der Waals surface area contributed by atoms with Crippen LogP contribution in [0.4, 0.5) is 5.69 Å². The lowest BCUT2D eigenvalue weighted by Gasteiger charge is -2.35. The molecule has 2 aromatic rings. The first-order valence-corrected chi connectivity index (χ1v) is 8.29. The van der Waals surface area contributed by atoms with Crippen LogP contribution >= 0.6 is 46.6 Å². The maximum atomic E-state index is 10.4. The number of hydrogen-bond acceptors (Lipinski definition) is 2. The summed E-state index contributed by atoms with van der Waals surface area (Å²) < 4.78 is 1.46. The van der Waals surface area contributed by atoms with Gasteiger partial charge in [0.1, 0.15) is 17.5 Å². The molecule has 2 aromatic carbocycles. The Balaban J connectivity index is 2.08. The third-order valence-corrected chi connectivity index (χ3v) is 5.46. The van der Waals surface area contributed by atoms with Crippen LogP contribution in [0.25, 0.3) is 16.8 Å². The van der Waals surface area contributed by atoms with Crippen LogP contribution in [0.15, 0.2) is 47.0 Å². The third kappa shape index (κ3) is 2.25. The number of rotatable bonds is 0. The van der Waals surface area contributed by atoms with Crippen molar-refractivity contribution < 1.29 is 5.11 Å². The number of anilines is 1. The normalized spacial score (nSPS) is 19.3. The van der Waals surface area contributed by atoms with E-state index in [0.29, 0.717) is 20.8 Å². The van der Waals surface area contributed by atoms with Gasteiger partial charge < -0.3 is 5.11 Å². The van der Waals surface area contributed by atoms with E-state index in [1.54, 1.807) is 24.3 Å². The van der Waals surface area contributed by atoms with Gasteiger partial charge in [0, 0.05) is 22.4 Å². The molecule has 1 aliphatic carbocycles. The maximum absolute atomic E-state index is 10.4. The molecule has 4 rings (SSSR count). The summed E-state index contributed by atoms with van der Waals surface area (Å²) in [5.41, 5.74) is 2.24. The number of phenolic OH excluding ortho intramolecular Hbond substituents is 1. The van der Waals surface area contributed by atoms with E-state index in [1.165, 1.54) is 4.42 Å². The quantitative estimate of drug-likeness (QED) is 0.541. The SMILES string of the molecule is Oc1cc2cc(Cl)c(Cl)cc2c2c1N(Cl)C1C(Cl)=CC=CC1=C2. The summed E-state index contributed by atoms with van der Waals surface area (Å²) in [4.78, 5) is 0. The fourth-order valence-electron chi connectivity index (χ4n) is 3.02. The van der Waals surface area contributed by atoms with Gasteiger partial charge in [-0.25, -0.2) is 0 Å². The van der Waals surface area contributed by atoms with E-state index in [0.717, 1.165) is 21.9 Å². The van der Waals surface area contributed by atoms with Crippen LogP contribution in [0.3, 0.4) is 0 Å². The number of nitrogens with zero attached hydrogens (tertiary/aromatic N) is 1. The lowest BCUT2D eigenvalue weighted by molar-refractivity contribution is 0.476. The fraction of sp³-hybridized carbons (Fsp3) is 0.0588. The smallest absolute Gasteiger partial charge is 0.141 e. The zero-order valence-electron chi connectivity index (χ0n) is 11.5. The van der Waals surface area contributed by atoms with E-state index in [4.69, 9.17) is 46.6 Å². The summed E-state index contributed by atoms with van der Waals surface area (Å²) in [6.07, 6.45) is 7.58. The summed E-state index contributed by atoms with van der Waals surface area (Å²) in [5.74, 6) is 0.0650. The average Bonchev–Trinajstić information content (AvgIpc) is 2.49. The summed E-state index contributed by atoms with van der Waals surface area (Å²) >= 11 is 25.0. The number of allylic oxidation sites excluding steroid dienone is 2. The first-order chi connectivity index (χ1) is 11.0. The highest BCUT2D eigenvalue weighted by Crippen LogP contribution is 2.48. The van der Waals surface area contributed by atoms with Crippen molar-refractivity contribution in [3.63, 3.8) is 0 Å². The highest BCUT2D eigenvalue weighted by molar-refractivity contribution is 6.43. The van der Waals surface area contributed by atoms with Crippen LogP contribution in [-0.2, 0) is 0 Å². The van der Waals surface area contributed by atoms with Gasteiger partial charge in [0.15, 0.2) is 0 Å². The second-order valence-electron chi connectivity index (χ2n) is 5.41. The molecule has 2 aliphatic rings. The van der Waals surface area contributed by atoms with E-state index < -0.39 is 0 Å². The Bertz CT molecular complexity index is 945. The molecule has 0 radical (unpaired) electrons. The highest BCUT2D eigenvalue weighted by atomic mass is 35.5. The average molecular weight is 385 g/mol. The van der Waals surface area contributed by atoms with Crippen molar-refractivity contribution in [3.8, 4) is 5.75 Å². The monoisotopic (exact) mass is 383 g/mol. The Morgan fingerprint density at radius 3 is 2.57 bits per heavy atom. The van der Waals surface area contributed by atoms with Gasteiger partial charge in [-0.1, -0.05) is 47.0 Å². The molecule has 1 atom stereocenters. The first-order valence-electron chi connectivity index (χ1n) is 6.82. The Labute approximate surface area is 152 Å². The van der Waals surface area contributed by atoms with Gasteiger partial charge in [0.2, 0.25) is 0 Å². The predicted molar refractivity (Wildman–Crippen MR) is 98.8 cm³/mol. The van der Waals surface area contributed by atoms with Gasteiger partial charge in [0.25, 0.3) is 0 Å². The molecule has 116 valence electrons. The zero-order valence-corrected chi connectivity index (χ0v) is 14.5. The lowest BCUT2D eigenvalue weighted by Crippen LogP contribution is -2.32. The molecule has 1 N–H and O–H groups in total. The molecule has 6 heteroatoms. The van der Waals surface area contributed by atoms with Gasteiger partial charge in [-0.3, -0.25) is 4.42 Å². The number of benzene rings is 2. The highest BCUT2D eigenvalue weighted by Gasteiger charge is 2.33. The van der Waals surface area contributed by atoms with Crippen molar-refractivity contribution in [3.05, 3.63) is 62.6 Å². The number of aromatic hydroxyl groups is 1. The van der Waals surface area contributed by atoms with Crippen LogP contribution in [0.1, 0.15) is 5.56 Å². The standard InChI is InChI=1S/C17H9Cl4NO/c18-12-3-1-2-8-4-11-10-7-14(20)13(19)5-9(10)6-15(23)17(11)22(21)16(8)12/h1-7,16,23H. The molecule has 0 amide bonds. The van der Waals surface area contributed by atoms with Crippen molar-refractivity contribution in [2.45, 2.75) is 6.04 Å². The minimum Gasteiger partial charge on any atom is -0.506 e. The molecule has 0 bridgehead atoms. The third-order valence-electron chi connectivity index (χ3n) is 4.04. The van der Waals surface area contributed by atoms with Gasteiger partial charge >= 0.3 is 0 Å². The zero-order chi connectivity index (χ0) is 16.3. The fourth-order valence-corrected chi connectivity index (χ4v) is 4.10. The minimum atomic E-state index is -0.318. The van der Waals surface area contributed by atoms with Crippen LogP contribution in [-0.4, -0.2) is 11.1 Å². The number of hydrogen-bond donors (Lipinski definition) is 1. The van der Waals surface area contributed by atoms with Gasteiger partial charge in [-0.2, -0.15) is 0 Å². The molecule has 0 spiro atoms. The van der Waals surface area contributed by atoms with Crippen LogP contribution < -0.4 is 4.42 Å². The molecule has 0 aromatic heterocycles. The topological polar surface area (TPSA) is 23.5 Å². The lowest BCUT2D eigenvalue weighted by atomic mass is 9.91. The molecule has 2 nitrogen and oxygen atoms in total. The van der Waals surface area contributed by atoms with E-state index in [2.05, 4.69) is 0 Å². The number of phenols is 1. The molecule has 1 aliphatic heterocycles. The Morgan fingerprint density at radius 1 is 1.04 bits per heavy atom. The van der Waals surface area contributed by atoms with Crippen molar-refractivity contribution in [1.82, 2.24) is 0 Å². The summed E-state index contributed by atoms with van der Waals surface area (Å²) in [6, 6.07) is 4.82. The van der Waals surface area contributed by atoms with Gasteiger partial charge in [0.05, 0.1) is 10.0 Å². The minimum absolute atomic E-state index is 0.0650. The molecular weight excluding hydrogens is 376 g/mol. The molecule has 0 fully saturated rings. The second kappa shape index (κ2) is 5.35. The van der Waals surface area contributed by atoms with E-state index in [9.17, 15) is 5.11 Å². The molecule has 1 unspecified atom stereocenters. The second-order valence-corrected chi connectivity index (χ2v) is 7.03. The van der Waals surface area contributed by atoms with Crippen molar-refractivity contribution in [2.75, 3.05) is 4.42 Å². The molecule has 23 heavy (non-hydrogen) atoms. The van der Waals surface area contributed by atoms with Crippen molar-refractivity contribution >= 4 is 69.1 Å². The predicted octanol–water partition coefficient (Wildman–Crippen LogP) is 6.27. The molecule has 1 heterocycles. The van der Waals surface area contributed by atoms with Gasteiger partial charge in [-0.15, -0.1) is 0 Å². The molecule has 0 saturated heterocycles. The Kier molecular flexibility index (Phi) is 3.54. The van der Waals surface area contributed by atoms with Crippen LogP contribution in [0, 0.1) is 0 Å². The van der Waals surface area contributed by atoms with Crippen molar-refractivity contribution in [2.24, 2.45) is 0 Å². The first kappa shape index (κ1) is 15.2. The largest absolute Gasteiger partial charge is 0.506 e. The molecular formula is C17H9Cl4NO. The van der Waals surface area contributed by atoms with Gasteiger partial charge in [-0.05, 0) is 46.7 Å². The maximum Gasteiger partial charge on any atom is 0.141 e. The number of fused-ring (bicyclic) bond motifs is 4. The van der Waals surface area contributed by atoms with E-state index in [1.807, 2.05) is 18.2 Å². The molecule has 0 saturated carbocycles. The Morgan fingerprint density at radius 2 is 1.78 bits per heavy atom. The Hall–Kier alpha value is -1.32. The van der Waals surface area contributed by atoms with E-state index in [-0.39, 0.29) is 11.8 Å². The van der Waals surface area contributed by atoms with E-state index >= 15 is 0 Å². The van der Waals surface area contributed by atoms with Crippen molar-refractivity contribution in [1.29, 1.82) is 0 Å². The van der Waals surface area contributed by atoms with Crippen LogP contribution in [0.5, 0.6) is 5.75 Å². The summed E-state index contributed by atoms with van der Waals surface area (Å²) in [7, 11) is 0.